The number of esters is 2. The third kappa shape index (κ3) is 28.6. The lowest BCUT2D eigenvalue weighted by Gasteiger charge is -2.23. The van der Waals surface area contributed by atoms with E-state index < -0.39 is 41.6 Å². The topological polar surface area (TPSA) is 323 Å². The summed E-state index contributed by atoms with van der Waals surface area (Å²) in [5.74, 6) is 0.0108. The number of aromatic nitrogens is 8. The van der Waals surface area contributed by atoms with Gasteiger partial charge < -0.3 is 54.2 Å². The van der Waals surface area contributed by atoms with Gasteiger partial charge in [0.05, 0.1) is 77.0 Å². The fourth-order valence-corrected chi connectivity index (χ4v) is 7.01. The summed E-state index contributed by atoms with van der Waals surface area (Å²) in [4.78, 5) is 73.3. The van der Waals surface area contributed by atoms with Crippen molar-refractivity contribution < 1.29 is 67.0 Å². The first-order valence-corrected chi connectivity index (χ1v) is 27.2. The van der Waals surface area contributed by atoms with Gasteiger partial charge in [-0.05, 0) is 123 Å². The summed E-state index contributed by atoms with van der Waals surface area (Å²) in [5.41, 5.74) is 1.71. The molecule has 0 saturated carbocycles. The van der Waals surface area contributed by atoms with Crippen LogP contribution in [0.2, 0.25) is 0 Å². The number of benzene rings is 4. The highest BCUT2D eigenvalue weighted by atomic mass is 16.6. The number of hydrogen-bond donors (Lipinski definition) is 4. The average Bonchev–Trinajstić information content (AvgIpc) is 4.34. The van der Waals surface area contributed by atoms with Crippen LogP contribution in [-0.2, 0) is 64.3 Å². The Kier molecular flexibility index (Phi) is 30.5. The highest BCUT2D eigenvalue weighted by Gasteiger charge is 2.27. The molecular formula is C58H76N12O14. The van der Waals surface area contributed by atoms with Crippen molar-refractivity contribution in [3.63, 3.8) is 0 Å². The Bertz CT molecular complexity index is 2880. The summed E-state index contributed by atoms with van der Waals surface area (Å²) < 4.78 is 40.6. The first kappa shape index (κ1) is 67.5. The number of nitrogens with zero attached hydrogens (tertiary/aromatic N) is 9. The first-order valence-electron chi connectivity index (χ1n) is 27.2. The van der Waals surface area contributed by atoms with Gasteiger partial charge in [-0.2, -0.15) is 0 Å². The Morgan fingerprint density at radius 1 is 0.560 bits per heavy atom. The van der Waals surface area contributed by atoms with E-state index in [2.05, 4.69) is 52.0 Å². The van der Waals surface area contributed by atoms with Gasteiger partial charge in [-0.1, -0.05) is 97.1 Å². The lowest BCUT2D eigenvalue weighted by Crippen LogP contribution is -2.38. The number of alkyl carbamates (subject to hydrolysis) is 3. The number of aliphatic hydroxyl groups is 1. The Hall–Kier alpha value is -8.97. The fraction of sp³-hybridized carbons (Fsp3) is 0.448. The lowest BCUT2D eigenvalue weighted by atomic mass is 10.2. The average molecular weight is 1170 g/mol. The summed E-state index contributed by atoms with van der Waals surface area (Å²) in [7, 11) is 0. The lowest BCUT2D eigenvalue weighted by molar-refractivity contribution is 0.0407. The number of aliphatic hydroxyl groups excluding tert-OH is 1. The molecule has 26 heteroatoms. The Morgan fingerprint density at radius 2 is 0.988 bits per heavy atom. The molecule has 2 atom stereocenters. The van der Waals surface area contributed by atoms with Crippen LogP contribution in [0, 0.1) is 0 Å². The number of ether oxygens (including phenoxy) is 7. The van der Waals surface area contributed by atoms with Crippen molar-refractivity contribution in [3.8, 4) is 0 Å². The molecule has 0 saturated heterocycles. The normalized spacial score (nSPS) is 11.6. The highest BCUT2D eigenvalue weighted by molar-refractivity contribution is 5.89. The summed E-state index contributed by atoms with van der Waals surface area (Å²) in [6, 6.07) is 35.5. The summed E-state index contributed by atoms with van der Waals surface area (Å²) in [6.45, 7) is 13.2. The van der Waals surface area contributed by atoms with Gasteiger partial charge in [-0.15, -0.1) is 10.2 Å². The van der Waals surface area contributed by atoms with E-state index in [0.717, 1.165) is 17.5 Å². The van der Waals surface area contributed by atoms with E-state index in [1.807, 2.05) is 72.8 Å². The second-order valence-corrected chi connectivity index (χ2v) is 20.1. The number of rotatable bonds is 29. The van der Waals surface area contributed by atoms with Crippen LogP contribution in [0.4, 0.5) is 14.4 Å². The minimum absolute atomic E-state index is 0.0113. The Balaban J connectivity index is 0.000000304. The fourth-order valence-electron chi connectivity index (χ4n) is 7.01. The van der Waals surface area contributed by atoms with E-state index in [0.29, 0.717) is 74.9 Å². The molecular weight excluding hydrogens is 1090 g/mol. The monoisotopic (exact) mass is 1160 g/mol. The standard InChI is InChI=1S/C29H38N6O7.C17H25N5O4.C12H13NO3/c1-29(2,3)42-28(38)31-24(21-39-20-22-12-6-4-7-13-22)25-32-33-34-35(25)17-19-41-27(37)30-16-10-11-18-40-26(36)23-14-8-5-9-15-23;1-17(2,3)26-16(24)18-14(15-19-20-21-22(15)9-10-23)12-25-11-13-7-5-4-6-8-13;14-10-13-8-4-5-9-16-12(15)11-6-2-1-3-7-11/h4-9,12-15,24H,10-11,16-21H2,1-3H3,(H,30,37)(H,31,38);4-8,14,23H,9-12H2,1-3H3,(H,18,24);1-3,6-7H,4-5,8-9H2. The van der Waals surface area contributed by atoms with E-state index in [9.17, 15) is 28.8 Å². The van der Waals surface area contributed by atoms with Gasteiger partial charge in [0.1, 0.15) is 29.9 Å². The molecule has 0 spiro atoms. The van der Waals surface area contributed by atoms with Crippen LogP contribution in [0.25, 0.3) is 0 Å². The molecule has 0 aliphatic rings. The van der Waals surface area contributed by atoms with Crippen LogP contribution in [0.5, 0.6) is 0 Å². The number of unbranched alkanes of at least 4 members (excludes halogenated alkanes) is 2. The van der Waals surface area contributed by atoms with Crippen molar-refractivity contribution in [3.05, 3.63) is 155 Å². The van der Waals surface area contributed by atoms with Gasteiger partial charge in [0, 0.05) is 6.54 Å². The van der Waals surface area contributed by atoms with E-state index in [1.54, 1.807) is 90.1 Å². The number of tetrazole rings is 2. The molecule has 452 valence electrons. The van der Waals surface area contributed by atoms with Crippen LogP contribution < -0.4 is 16.0 Å². The number of amides is 3. The van der Waals surface area contributed by atoms with Crippen molar-refractivity contribution >= 4 is 36.3 Å². The van der Waals surface area contributed by atoms with E-state index in [4.69, 9.17) is 38.3 Å². The predicted octanol–water partition coefficient (Wildman–Crippen LogP) is 7.23. The van der Waals surface area contributed by atoms with Gasteiger partial charge in [-0.25, -0.2) is 43.1 Å². The molecule has 0 fully saturated rings. The third-order valence-electron chi connectivity index (χ3n) is 10.8. The summed E-state index contributed by atoms with van der Waals surface area (Å²) in [6.07, 6.45) is 2.24. The SMILES string of the molecule is CC(C)(C)OC(=O)NC(COCc1ccccc1)c1nnnn1CCO.CC(C)(C)OC(=O)NC(COCc1ccccc1)c1nnnn1CCOC(=O)NCCCCOC(=O)c1ccccc1.O=C=NCCCCOC(=O)c1ccccc1. The van der Waals surface area contributed by atoms with E-state index >= 15 is 0 Å². The Morgan fingerprint density at radius 3 is 1.42 bits per heavy atom. The largest absolute Gasteiger partial charge is 0.462 e. The molecule has 0 bridgehead atoms. The van der Waals surface area contributed by atoms with Gasteiger partial charge >= 0.3 is 30.2 Å². The smallest absolute Gasteiger partial charge is 0.408 e. The molecule has 2 aromatic heterocycles. The molecule has 2 unspecified atom stereocenters. The van der Waals surface area contributed by atoms with Crippen molar-refractivity contribution in [2.75, 3.05) is 52.7 Å². The predicted molar refractivity (Wildman–Crippen MR) is 303 cm³/mol. The Labute approximate surface area is 487 Å². The zero-order chi connectivity index (χ0) is 60.8. The highest BCUT2D eigenvalue weighted by Crippen LogP contribution is 2.17. The first-order chi connectivity index (χ1) is 40.4. The van der Waals surface area contributed by atoms with Gasteiger partial charge in [0.15, 0.2) is 11.6 Å². The number of aliphatic imine (C=N–C) groups is 1. The molecule has 3 amide bonds. The molecule has 2 heterocycles. The third-order valence-corrected chi connectivity index (χ3v) is 10.8. The molecule has 0 aliphatic heterocycles. The molecule has 4 aromatic carbocycles. The second-order valence-electron chi connectivity index (χ2n) is 20.1. The van der Waals surface area contributed by atoms with Crippen molar-refractivity contribution in [1.29, 1.82) is 0 Å². The molecule has 6 aromatic rings. The molecule has 6 rings (SSSR count). The minimum Gasteiger partial charge on any atom is -0.462 e. The maximum atomic E-state index is 12.5. The molecule has 0 aliphatic carbocycles. The molecule has 84 heavy (non-hydrogen) atoms. The van der Waals surface area contributed by atoms with Gasteiger partial charge in [0.2, 0.25) is 6.08 Å². The van der Waals surface area contributed by atoms with Crippen LogP contribution in [0.15, 0.2) is 126 Å². The number of carbonyl (C=O) groups excluding carboxylic acids is 6. The number of isocyanates is 1. The number of nitrogens with one attached hydrogen (secondary N) is 3. The van der Waals surface area contributed by atoms with Crippen LogP contribution in [0.3, 0.4) is 0 Å². The summed E-state index contributed by atoms with van der Waals surface area (Å²) >= 11 is 0. The van der Waals surface area contributed by atoms with Crippen LogP contribution in [0.1, 0.15) is 123 Å². The maximum Gasteiger partial charge on any atom is 0.408 e. The summed E-state index contributed by atoms with van der Waals surface area (Å²) in [5, 5.41) is 40.4. The zero-order valence-electron chi connectivity index (χ0n) is 48.3. The van der Waals surface area contributed by atoms with Crippen LogP contribution >= 0.6 is 0 Å². The molecule has 4 N–H and O–H groups in total. The number of carbonyl (C=O) groups is 5. The number of hydrogen-bond acceptors (Lipinski definition) is 21. The van der Waals surface area contributed by atoms with Crippen molar-refractivity contribution in [1.82, 2.24) is 56.4 Å². The van der Waals surface area contributed by atoms with Crippen molar-refractivity contribution in [2.24, 2.45) is 4.99 Å². The minimum atomic E-state index is -0.719. The zero-order valence-corrected chi connectivity index (χ0v) is 48.3. The van der Waals surface area contributed by atoms with Gasteiger partial charge in [0.25, 0.3) is 0 Å². The maximum absolute atomic E-state index is 12.5. The van der Waals surface area contributed by atoms with Crippen molar-refractivity contribution in [2.45, 2.75) is 117 Å². The molecule has 26 nitrogen and oxygen atoms in total. The van der Waals surface area contributed by atoms with Gasteiger partial charge in [-0.3, -0.25) is 0 Å². The van der Waals surface area contributed by atoms with E-state index in [-0.39, 0.29) is 58.1 Å². The van der Waals surface area contributed by atoms with E-state index in [1.165, 1.54) is 15.4 Å². The molecule has 0 radical (unpaired) electrons. The quantitative estimate of drug-likeness (QED) is 0.0118. The second kappa shape index (κ2) is 37.9. The van der Waals surface area contributed by atoms with Crippen LogP contribution in [-0.4, -0.2) is 146 Å².